The lowest BCUT2D eigenvalue weighted by Gasteiger charge is -2.24. The standard InChI is InChI=1S/C25H27FN2O2/c1-17-23(22-5-3-4-6-24(22)27-17)14-21-13-20(26)16-28(21)15-19-9-7-18(8-10-19)11-12-25(29)30-2/h3-12,20-21,27H,13-16H2,1-2H3/t20-,21?/m0/s1. The van der Waals surface area contributed by atoms with Crippen LogP contribution in [0.15, 0.2) is 54.6 Å². The Kier molecular flexibility index (Phi) is 6.00. The number of rotatable bonds is 6. The topological polar surface area (TPSA) is 45.3 Å². The van der Waals surface area contributed by atoms with Gasteiger partial charge in [-0.3, -0.25) is 4.90 Å². The first-order valence-corrected chi connectivity index (χ1v) is 10.3. The number of nitrogens with zero attached hydrogens (tertiary/aromatic N) is 1. The number of hydrogen-bond donors (Lipinski definition) is 1. The molecule has 0 aliphatic carbocycles. The number of para-hydroxylation sites is 1. The average molecular weight is 407 g/mol. The molecule has 1 aliphatic heterocycles. The number of nitrogens with one attached hydrogen (secondary N) is 1. The lowest BCUT2D eigenvalue weighted by molar-refractivity contribution is -0.134. The molecule has 2 atom stereocenters. The quantitative estimate of drug-likeness (QED) is 0.472. The lowest BCUT2D eigenvalue weighted by Crippen LogP contribution is -2.31. The zero-order valence-corrected chi connectivity index (χ0v) is 17.4. The van der Waals surface area contributed by atoms with Crippen molar-refractivity contribution in [3.05, 3.63) is 77.0 Å². The summed E-state index contributed by atoms with van der Waals surface area (Å²) in [6.07, 6.45) is 3.76. The van der Waals surface area contributed by atoms with Crippen molar-refractivity contribution in [1.82, 2.24) is 9.88 Å². The first-order chi connectivity index (χ1) is 14.5. The molecule has 1 N–H and O–H groups in total. The Labute approximate surface area is 176 Å². The van der Waals surface area contributed by atoms with E-state index in [4.69, 9.17) is 0 Å². The van der Waals surface area contributed by atoms with E-state index in [1.165, 1.54) is 29.8 Å². The highest BCUT2D eigenvalue weighted by atomic mass is 19.1. The van der Waals surface area contributed by atoms with Gasteiger partial charge in [0.25, 0.3) is 0 Å². The smallest absolute Gasteiger partial charge is 0.330 e. The van der Waals surface area contributed by atoms with Gasteiger partial charge in [-0.05, 0) is 48.6 Å². The maximum absolute atomic E-state index is 14.3. The Morgan fingerprint density at radius 1 is 1.23 bits per heavy atom. The van der Waals surface area contributed by atoms with Crippen LogP contribution in [0.5, 0.6) is 0 Å². The number of aromatic nitrogens is 1. The molecule has 3 aromatic rings. The summed E-state index contributed by atoms with van der Waals surface area (Å²) < 4.78 is 19.0. The Hall–Kier alpha value is -2.92. The number of hydrogen-bond acceptors (Lipinski definition) is 3. The number of aryl methyl sites for hydroxylation is 1. The van der Waals surface area contributed by atoms with Gasteiger partial charge in [-0.15, -0.1) is 0 Å². The first kappa shape index (κ1) is 20.4. The van der Waals surface area contributed by atoms with Gasteiger partial charge in [0.05, 0.1) is 7.11 Å². The van der Waals surface area contributed by atoms with E-state index in [0.717, 1.165) is 23.1 Å². The Morgan fingerprint density at radius 2 is 2.00 bits per heavy atom. The number of alkyl halides is 1. The predicted molar refractivity (Wildman–Crippen MR) is 118 cm³/mol. The summed E-state index contributed by atoms with van der Waals surface area (Å²) in [5.74, 6) is -0.374. The summed E-state index contributed by atoms with van der Waals surface area (Å²) in [5, 5.41) is 1.24. The highest BCUT2D eigenvalue weighted by molar-refractivity contribution is 5.87. The van der Waals surface area contributed by atoms with Gasteiger partial charge in [0, 0.05) is 41.8 Å². The molecule has 2 aromatic carbocycles. The SMILES string of the molecule is COC(=O)C=Cc1ccc(CN2C[C@@H](F)CC2Cc2c(C)[nH]c3ccccc23)cc1. The monoisotopic (exact) mass is 406 g/mol. The molecular weight excluding hydrogens is 379 g/mol. The van der Waals surface area contributed by atoms with E-state index in [-0.39, 0.29) is 12.0 Å². The van der Waals surface area contributed by atoms with E-state index in [2.05, 4.69) is 39.7 Å². The molecule has 0 spiro atoms. The summed E-state index contributed by atoms with van der Waals surface area (Å²) in [4.78, 5) is 16.9. The van der Waals surface area contributed by atoms with Crippen molar-refractivity contribution in [2.24, 2.45) is 0 Å². The molecular formula is C25H27FN2O2. The summed E-state index contributed by atoms with van der Waals surface area (Å²) >= 11 is 0. The van der Waals surface area contributed by atoms with Crippen molar-refractivity contribution in [1.29, 1.82) is 0 Å². The van der Waals surface area contributed by atoms with Gasteiger partial charge in [0.15, 0.2) is 0 Å². The van der Waals surface area contributed by atoms with Crippen molar-refractivity contribution in [2.75, 3.05) is 13.7 Å². The van der Waals surface area contributed by atoms with Crippen LogP contribution in [0.4, 0.5) is 4.39 Å². The van der Waals surface area contributed by atoms with Crippen LogP contribution < -0.4 is 0 Å². The molecule has 0 bridgehead atoms. The van der Waals surface area contributed by atoms with Crippen LogP contribution in [0.2, 0.25) is 0 Å². The zero-order valence-electron chi connectivity index (χ0n) is 17.4. The fraction of sp³-hybridized carbons (Fsp3) is 0.320. The van der Waals surface area contributed by atoms with Crippen molar-refractivity contribution >= 4 is 22.9 Å². The van der Waals surface area contributed by atoms with Gasteiger partial charge in [-0.1, -0.05) is 42.5 Å². The molecule has 4 rings (SSSR count). The second-order valence-corrected chi connectivity index (χ2v) is 7.99. The third kappa shape index (κ3) is 4.46. The van der Waals surface area contributed by atoms with E-state index in [1.54, 1.807) is 6.08 Å². The number of likely N-dealkylation sites (tertiary alicyclic amines) is 1. The lowest BCUT2D eigenvalue weighted by atomic mass is 10.0. The molecule has 0 radical (unpaired) electrons. The highest BCUT2D eigenvalue weighted by Crippen LogP contribution is 2.30. The van der Waals surface area contributed by atoms with Crippen LogP contribution in [0, 0.1) is 6.92 Å². The van der Waals surface area contributed by atoms with Crippen LogP contribution in [0.3, 0.4) is 0 Å². The Bertz CT molecular complexity index is 1050. The van der Waals surface area contributed by atoms with Crippen LogP contribution in [0.25, 0.3) is 17.0 Å². The molecule has 0 amide bonds. The summed E-state index contributed by atoms with van der Waals surface area (Å²) in [7, 11) is 1.36. The highest BCUT2D eigenvalue weighted by Gasteiger charge is 2.32. The normalized spacial score (nSPS) is 19.7. The van der Waals surface area contributed by atoms with Crippen LogP contribution in [-0.4, -0.2) is 41.7 Å². The average Bonchev–Trinajstić information content (AvgIpc) is 3.26. The van der Waals surface area contributed by atoms with E-state index < -0.39 is 6.17 Å². The largest absolute Gasteiger partial charge is 0.466 e. The maximum Gasteiger partial charge on any atom is 0.330 e. The van der Waals surface area contributed by atoms with Gasteiger partial charge in [-0.2, -0.15) is 0 Å². The summed E-state index contributed by atoms with van der Waals surface area (Å²) in [6, 6.07) is 16.5. The van der Waals surface area contributed by atoms with Gasteiger partial charge >= 0.3 is 5.97 Å². The van der Waals surface area contributed by atoms with Gasteiger partial charge < -0.3 is 9.72 Å². The Balaban J connectivity index is 1.47. The molecule has 5 heteroatoms. The number of ether oxygens (including phenoxy) is 1. The summed E-state index contributed by atoms with van der Waals surface area (Å²) in [6.45, 7) is 3.28. The van der Waals surface area contributed by atoms with E-state index in [1.807, 2.05) is 30.3 Å². The number of fused-ring (bicyclic) bond motifs is 1. The fourth-order valence-corrected chi connectivity index (χ4v) is 4.36. The van der Waals surface area contributed by atoms with E-state index in [9.17, 15) is 9.18 Å². The second kappa shape index (κ2) is 8.84. The van der Waals surface area contributed by atoms with Crippen molar-refractivity contribution in [2.45, 2.75) is 38.5 Å². The third-order valence-corrected chi connectivity index (χ3v) is 5.92. The van der Waals surface area contributed by atoms with Crippen LogP contribution >= 0.6 is 0 Å². The Morgan fingerprint density at radius 3 is 2.77 bits per heavy atom. The minimum atomic E-state index is -0.789. The number of carbonyl (C=O) groups excluding carboxylic acids is 1. The molecule has 0 saturated carbocycles. The van der Waals surface area contributed by atoms with Gasteiger partial charge in [-0.25, -0.2) is 9.18 Å². The maximum atomic E-state index is 14.3. The van der Waals surface area contributed by atoms with Gasteiger partial charge in [0.2, 0.25) is 0 Å². The van der Waals surface area contributed by atoms with Crippen LogP contribution in [0.1, 0.15) is 28.8 Å². The minimum Gasteiger partial charge on any atom is -0.466 e. The molecule has 156 valence electrons. The summed E-state index contributed by atoms with van der Waals surface area (Å²) in [5.41, 5.74) is 5.67. The third-order valence-electron chi connectivity index (χ3n) is 5.92. The minimum absolute atomic E-state index is 0.178. The number of aromatic amines is 1. The molecule has 1 aromatic heterocycles. The van der Waals surface area contributed by atoms with Crippen molar-refractivity contribution < 1.29 is 13.9 Å². The number of methoxy groups -OCH3 is 1. The molecule has 1 fully saturated rings. The number of halogens is 1. The zero-order chi connectivity index (χ0) is 21.1. The van der Waals surface area contributed by atoms with E-state index >= 15 is 0 Å². The molecule has 4 nitrogen and oxygen atoms in total. The first-order valence-electron chi connectivity index (χ1n) is 10.3. The van der Waals surface area contributed by atoms with Gasteiger partial charge in [0.1, 0.15) is 6.17 Å². The predicted octanol–water partition coefficient (Wildman–Crippen LogP) is 4.82. The molecule has 30 heavy (non-hydrogen) atoms. The molecule has 1 unspecified atom stereocenters. The number of benzene rings is 2. The van der Waals surface area contributed by atoms with Crippen molar-refractivity contribution in [3.8, 4) is 0 Å². The number of H-pyrrole nitrogens is 1. The second-order valence-electron chi connectivity index (χ2n) is 7.99. The number of esters is 1. The molecule has 1 saturated heterocycles. The number of carbonyl (C=O) groups is 1. The van der Waals surface area contributed by atoms with Crippen molar-refractivity contribution in [3.63, 3.8) is 0 Å². The van der Waals surface area contributed by atoms with E-state index in [0.29, 0.717) is 19.5 Å². The fourth-order valence-electron chi connectivity index (χ4n) is 4.36. The molecule has 1 aliphatic rings. The van der Waals surface area contributed by atoms with Crippen LogP contribution in [-0.2, 0) is 22.5 Å². The molecule has 2 heterocycles.